The smallest absolute Gasteiger partial charge is 0.269 e. The molecule has 0 saturated heterocycles. The molecule has 0 radical (unpaired) electrons. The van der Waals surface area contributed by atoms with Crippen LogP contribution in [-0.4, -0.2) is 11.5 Å². The van der Waals surface area contributed by atoms with Crippen LogP contribution >= 0.6 is 0 Å². The van der Waals surface area contributed by atoms with Crippen LogP contribution in [0.1, 0.15) is 29.7 Å². The number of non-ortho nitro benzene ring substituents is 1. The minimum Gasteiger partial charge on any atom is -0.310 e. The molecule has 110 valence electrons. The van der Waals surface area contributed by atoms with Crippen molar-refractivity contribution in [2.45, 2.75) is 26.3 Å². The summed E-state index contributed by atoms with van der Waals surface area (Å²) < 4.78 is 0. The molecule has 0 spiro atoms. The predicted octanol–water partition coefficient (Wildman–Crippen LogP) is 3.80. The molecule has 0 fully saturated rings. The second kappa shape index (κ2) is 6.99. The van der Waals surface area contributed by atoms with Crippen molar-refractivity contribution in [3.8, 4) is 0 Å². The second-order valence-corrected chi connectivity index (χ2v) is 5.21. The van der Waals surface area contributed by atoms with Crippen molar-refractivity contribution >= 4 is 5.69 Å². The quantitative estimate of drug-likeness (QED) is 0.648. The Balaban J connectivity index is 1.86. The molecule has 2 aromatic rings. The van der Waals surface area contributed by atoms with Crippen LogP contribution in [0.3, 0.4) is 0 Å². The lowest BCUT2D eigenvalue weighted by molar-refractivity contribution is -0.384. The first kappa shape index (κ1) is 15.2. The van der Waals surface area contributed by atoms with Crippen molar-refractivity contribution < 1.29 is 4.92 Å². The van der Waals surface area contributed by atoms with Gasteiger partial charge in [-0.25, -0.2) is 0 Å². The number of hydrogen-bond donors (Lipinski definition) is 1. The maximum Gasteiger partial charge on any atom is 0.269 e. The third kappa shape index (κ3) is 4.13. The van der Waals surface area contributed by atoms with Crippen molar-refractivity contribution in [1.82, 2.24) is 5.32 Å². The summed E-state index contributed by atoms with van der Waals surface area (Å²) in [6.45, 7) is 5.11. The molecular weight excluding hydrogens is 264 g/mol. The van der Waals surface area contributed by atoms with E-state index in [0.29, 0.717) is 6.04 Å². The Morgan fingerprint density at radius 2 is 1.81 bits per heavy atom. The number of nitrogens with one attached hydrogen (secondary N) is 1. The maximum absolute atomic E-state index is 10.6. The van der Waals surface area contributed by atoms with Crippen LogP contribution in [-0.2, 0) is 6.42 Å². The molecule has 0 aliphatic carbocycles. The molecule has 4 heteroatoms. The van der Waals surface area contributed by atoms with Crippen molar-refractivity contribution in [1.29, 1.82) is 0 Å². The number of benzene rings is 2. The average molecular weight is 284 g/mol. The highest BCUT2D eigenvalue weighted by Crippen LogP contribution is 2.17. The average Bonchev–Trinajstić information content (AvgIpc) is 2.48. The van der Waals surface area contributed by atoms with Gasteiger partial charge in [-0.05, 0) is 43.5 Å². The van der Waals surface area contributed by atoms with Gasteiger partial charge in [-0.3, -0.25) is 10.1 Å². The number of nitro benzene ring substituents is 1. The van der Waals surface area contributed by atoms with E-state index in [9.17, 15) is 10.1 Å². The minimum atomic E-state index is -0.373. The summed E-state index contributed by atoms with van der Waals surface area (Å²) in [6, 6.07) is 15.4. The van der Waals surface area contributed by atoms with Crippen molar-refractivity contribution in [3.05, 3.63) is 75.3 Å². The zero-order valence-corrected chi connectivity index (χ0v) is 12.4. The number of aryl methyl sites for hydroxylation is 1. The summed E-state index contributed by atoms with van der Waals surface area (Å²) in [5.41, 5.74) is 3.83. The largest absolute Gasteiger partial charge is 0.310 e. The fourth-order valence-electron chi connectivity index (χ4n) is 2.40. The number of hydrogen-bond acceptors (Lipinski definition) is 3. The van der Waals surface area contributed by atoms with E-state index in [0.717, 1.165) is 18.5 Å². The van der Waals surface area contributed by atoms with Gasteiger partial charge in [-0.15, -0.1) is 0 Å². The van der Waals surface area contributed by atoms with Gasteiger partial charge in [0.1, 0.15) is 0 Å². The molecule has 1 N–H and O–H groups in total. The Labute approximate surface area is 125 Å². The van der Waals surface area contributed by atoms with Gasteiger partial charge in [0.2, 0.25) is 0 Å². The molecule has 21 heavy (non-hydrogen) atoms. The van der Waals surface area contributed by atoms with E-state index in [1.807, 2.05) is 18.2 Å². The maximum atomic E-state index is 10.6. The van der Waals surface area contributed by atoms with Gasteiger partial charge < -0.3 is 5.32 Å². The number of nitro groups is 1. The SMILES string of the molecule is Cc1ccccc1[C@H](C)NCCc1ccc([N+](=O)[O-])cc1. The summed E-state index contributed by atoms with van der Waals surface area (Å²) in [5, 5.41) is 14.1. The summed E-state index contributed by atoms with van der Waals surface area (Å²) in [7, 11) is 0. The summed E-state index contributed by atoms with van der Waals surface area (Å²) in [4.78, 5) is 10.2. The van der Waals surface area contributed by atoms with E-state index in [-0.39, 0.29) is 10.6 Å². The predicted molar refractivity (Wildman–Crippen MR) is 84.4 cm³/mol. The molecule has 0 aliphatic rings. The molecular formula is C17H20N2O2. The van der Waals surface area contributed by atoms with Crippen LogP contribution in [0.25, 0.3) is 0 Å². The Morgan fingerprint density at radius 1 is 1.14 bits per heavy atom. The van der Waals surface area contributed by atoms with Crippen molar-refractivity contribution in [2.75, 3.05) is 6.54 Å². The molecule has 0 unspecified atom stereocenters. The fraction of sp³-hybridized carbons (Fsp3) is 0.294. The molecule has 4 nitrogen and oxygen atoms in total. The molecule has 0 aliphatic heterocycles. The number of rotatable bonds is 6. The zero-order chi connectivity index (χ0) is 15.2. The third-order valence-electron chi connectivity index (χ3n) is 3.67. The summed E-state index contributed by atoms with van der Waals surface area (Å²) in [5.74, 6) is 0. The van der Waals surface area contributed by atoms with Crippen LogP contribution in [0, 0.1) is 17.0 Å². The topological polar surface area (TPSA) is 55.2 Å². The van der Waals surface area contributed by atoms with E-state index >= 15 is 0 Å². The van der Waals surface area contributed by atoms with Gasteiger partial charge in [0, 0.05) is 18.2 Å². The lowest BCUT2D eigenvalue weighted by Gasteiger charge is -2.16. The van der Waals surface area contributed by atoms with E-state index in [4.69, 9.17) is 0 Å². The van der Waals surface area contributed by atoms with Gasteiger partial charge >= 0.3 is 0 Å². The van der Waals surface area contributed by atoms with E-state index in [2.05, 4.69) is 37.4 Å². The Bertz CT molecular complexity index is 608. The molecule has 0 aromatic heterocycles. The van der Waals surface area contributed by atoms with Gasteiger partial charge in [-0.1, -0.05) is 36.4 Å². The molecule has 0 saturated carbocycles. The molecule has 2 rings (SSSR count). The van der Waals surface area contributed by atoms with Crippen LogP contribution in [0.2, 0.25) is 0 Å². The van der Waals surface area contributed by atoms with Crippen molar-refractivity contribution in [3.63, 3.8) is 0 Å². The lowest BCUT2D eigenvalue weighted by Crippen LogP contribution is -2.22. The van der Waals surface area contributed by atoms with Crippen LogP contribution in [0.5, 0.6) is 0 Å². The van der Waals surface area contributed by atoms with Crippen molar-refractivity contribution in [2.24, 2.45) is 0 Å². The van der Waals surface area contributed by atoms with Crippen LogP contribution < -0.4 is 5.32 Å². The first-order valence-electron chi connectivity index (χ1n) is 7.10. The van der Waals surface area contributed by atoms with Gasteiger partial charge in [-0.2, -0.15) is 0 Å². The Kier molecular flexibility index (Phi) is 5.06. The molecule has 1 atom stereocenters. The summed E-state index contributed by atoms with van der Waals surface area (Å²) >= 11 is 0. The van der Waals surface area contributed by atoms with Gasteiger partial charge in [0.25, 0.3) is 5.69 Å². The van der Waals surface area contributed by atoms with Gasteiger partial charge in [0.15, 0.2) is 0 Å². The molecule has 0 amide bonds. The normalized spacial score (nSPS) is 12.1. The van der Waals surface area contributed by atoms with E-state index in [1.165, 1.54) is 11.1 Å². The standard InChI is InChI=1S/C17H20N2O2/c1-13-5-3-4-6-17(13)14(2)18-12-11-15-7-9-16(10-8-15)19(20)21/h3-10,14,18H,11-12H2,1-2H3/t14-/m0/s1. The first-order chi connectivity index (χ1) is 10.1. The monoisotopic (exact) mass is 284 g/mol. The molecule has 0 heterocycles. The van der Waals surface area contributed by atoms with Crippen LogP contribution in [0.4, 0.5) is 5.69 Å². The first-order valence-corrected chi connectivity index (χ1v) is 7.10. The summed E-state index contributed by atoms with van der Waals surface area (Å²) in [6.07, 6.45) is 0.855. The molecule has 0 bridgehead atoms. The van der Waals surface area contributed by atoms with E-state index in [1.54, 1.807) is 12.1 Å². The fourth-order valence-corrected chi connectivity index (χ4v) is 2.40. The third-order valence-corrected chi connectivity index (χ3v) is 3.67. The van der Waals surface area contributed by atoms with Gasteiger partial charge in [0.05, 0.1) is 4.92 Å². The molecule has 2 aromatic carbocycles. The highest BCUT2D eigenvalue weighted by atomic mass is 16.6. The second-order valence-electron chi connectivity index (χ2n) is 5.21. The Hall–Kier alpha value is -2.20. The lowest BCUT2D eigenvalue weighted by atomic mass is 10.0. The minimum absolute atomic E-state index is 0.139. The highest BCUT2D eigenvalue weighted by molar-refractivity contribution is 5.33. The highest BCUT2D eigenvalue weighted by Gasteiger charge is 2.07. The zero-order valence-electron chi connectivity index (χ0n) is 12.4. The van der Waals surface area contributed by atoms with Crippen LogP contribution in [0.15, 0.2) is 48.5 Å². The Morgan fingerprint density at radius 3 is 2.43 bits per heavy atom. The number of nitrogens with zero attached hydrogens (tertiary/aromatic N) is 1. The van der Waals surface area contributed by atoms with E-state index < -0.39 is 0 Å².